The summed E-state index contributed by atoms with van der Waals surface area (Å²) >= 11 is 0. The van der Waals surface area contributed by atoms with Crippen molar-refractivity contribution in [1.29, 1.82) is 0 Å². The Hall–Kier alpha value is -4.39. The molecule has 1 heterocycles. The summed E-state index contributed by atoms with van der Waals surface area (Å²) < 4.78 is 11.6. The normalized spacial score (nSPS) is 14.5. The molecule has 1 unspecified atom stereocenters. The molecule has 7 heteroatoms. The standard InChI is InChI=1S/C30H28N2O5/c1-3-31-29(35)36-26(22-7-5-4-6-8-22)25-19(2)32-37-27(25)23-11-9-20(10-12-23)21-13-15-24(16-14-21)30(17-18-30)28(33)34/h4-16,26H,3,17-18H2,1-2H3,(H,31,35)(H,33,34). The first kappa shape index (κ1) is 24.3. The summed E-state index contributed by atoms with van der Waals surface area (Å²) in [7, 11) is 0. The second-order valence-electron chi connectivity index (χ2n) is 9.28. The Morgan fingerprint density at radius 3 is 2.14 bits per heavy atom. The SMILES string of the molecule is CCNC(=O)OC(c1ccccc1)c1c(C)noc1-c1ccc(-c2ccc(C3(C(=O)O)CC3)cc2)cc1. The largest absolute Gasteiger partial charge is 0.481 e. The smallest absolute Gasteiger partial charge is 0.408 e. The number of rotatable bonds is 8. The lowest BCUT2D eigenvalue weighted by Crippen LogP contribution is -2.26. The summed E-state index contributed by atoms with van der Waals surface area (Å²) in [6, 6.07) is 25.1. The molecule has 1 saturated carbocycles. The van der Waals surface area contributed by atoms with Crippen molar-refractivity contribution < 1.29 is 24.0 Å². The second kappa shape index (κ2) is 9.93. The Balaban J connectivity index is 1.45. The van der Waals surface area contributed by atoms with Gasteiger partial charge in [0, 0.05) is 12.1 Å². The van der Waals surface area contributed by atoms with Gasteiger partial charge in [0.05, 0.1) is 16.7 Å². The summed E-state index contributed by atoms with van der Waals surface area (Å²) in [6.45, 7) is 4.12. The molecule has 1 aliphatic rings. The van der Waals surface area contributed by atoms with Crippen molar-refractivity contribution in [3.63, 3.8) is 0 Å². The van der Waals surface area contributed by atoms with Crippen LogP contribution in [0, 0.1) is 6.92 Å². The third-order valence-corrected chi connectivity index (χ3v) is 6.90. The minimum atomic E-state index is -0.757. The number of carboxylic acid groups (broad SMARTS) is 1. The monoisotopic (exact) mass is 496 g/mol. The summed E-state index contributed by atoms with van der Waals surface area (Å²) in [6.07, 6.45) is 0.162. The first-order valence-corrected chi connectivity index (χ1v) is 12.3. The van der Waals surface area contributed by atoms with Crippen molar-refractivity contribution in [3.8, 4) is 22.5 Å². The summed E-state index contributed by atoms with van der Waals surface area (Å²) in [5, 5.41) is 16.4. The van der Waals surface area contributed by atoms with Gasteiger partial charge in [-0.05, 0) is 48.9 Å². The Bertz CT molecular complexity index is 1400. The number of alkyl carbamates (subject to hydrolysis) is 1. The van der Waals surface area contributed by atoms with E-state index in [1.54, 1.807) is 0 Å². The molecule has 4 aromatic rings. The number of ether oxygens (including phenoxy) is 1. The van der Waals surface area contributed by atoms with Crippen molar-refractivity contribution in [2.75, 3.05) is 6.54 Å². The van der Waals surface area contributed by atoms with E-state index < -0.39 is 23.6 Å². The van der Waals surface area contributed by atoms with Crippen LogP contribution in [0.2, 0.25) is 0 Å². The van der Waals surface area contributed by atoms with Gasteiger partial charge >= 0.3 is 12.1 Å². The zero-order valence-corrected chi connectivity index (χ0v) is 20.7. The van der Waals surface area contributed by atoms with Crippen LogP contribution < -0.4 is 5.32 Å². The highest BCUT2D eigenvalue weighted by Gasteiger charge is 2.51. The van der Waals surface area contributed by atoms with E-state index in [1.165, 1.54) is 0 Å². The molecule has 188 valence electrons. The number of carboxylic acids is 1. The lowest BCUT2D eigenvalue weighted by atomic mass is 9.93. The lowest BCUT2D eigenvalue weighted by Gasteiger charge is -2.19. The molecule has 0 bridgehead atoms. The van der Waals surface area contributed by atoms with Gasteiger partial charge in [0.25, 0.3) is 0 Å². The van der Waals surface area contributed by atoms with Gasteiger partial charge in [-0.1, -0.05) is 84.0 Å². The molecule has 1 aliphatic carbocycles. The van der Waals surface area contributed by atoms with E-state index in [-0.39, 0.29) is 0 Å². The van der Waals surface area contributed by atoms with Gasteiger partial charge in [0.1, 0.15) is 0 Å². The van der Waals surface area contributed by atoms with E-state index in [4.69, 9.17) is 9.26 Å². The maximum atomic E-state index is 12.4. The van der Waals surface area contributed by atoms with Crippen LogP contribution in [0.1, 0.15) is 48.3 Å². The zero-order chi connectivity index (χ0) is 26.0. The molecular formula is C30H28N2O5. The van der Waals surface area contributed by atoms with E-state index in [9.17, 15) is 14.7 Å². The molecule has 2 N–H and O–H groups in total. The van der Waals surface area contributed by atoms with Crippen LogP contribution in [0.25, 0.3) is 22.5 Å². The summed E-state index contributed by atoms with van der Waals surface area (Å²) in [5.41, 5.74) is 5.07. The third kappa shape index (κ3) is 4.72. The molecule has 0 radical (unpaired) electrons. The number of amides is 1. The Morgan fingerprint density at radius 2 is 1.57 bits per heavy atom. The Kier molecular flexibility index (Phi) is 6.53. The van der Waals surface area contributed by atoms with E-state index in [0.29, 0.717) is 36.4 Å². The number of nitrogens with one attached hydrogen (secondary N) is 1. The van der Waals surface area contributed by atoms with E-state index in [1.807, 2.05) is 92.7 Å². The van der Waals surface area contributed by atoms with E-state index in [2.05, 4.69) is 10.5 Å². The minimum Gasteiger partial charge on any atom is -0.481 e. The average Bonchev–Trinajstić information content (AvgIpc) is 3.65. The highest BCUT2D eigenvalue weighted by Crippen LogP contribution is 2.48. The highest BCUT2D eigenvalue weighted by atomic mass is 16.6. The number of nitrogens with zero attached hydrogens (tertiary/aromatic N) is 1. The van der Waals surface area contributed by atoms with Gasteiger partial charge in [-0.25, -0.2) is 4.79 Å². The number of benzene rings is 3. The number of hydrogen-bond donors (Lipinski definition) is 2. The van der Waals surface area contributed by atoms with Crippen LogP contribution >= 0.6 is 0 Å². The van der Waals surface area contributed by atoms with Crippen LogP contribution in [0.4, 0.5) is 4.79 Å². The molecule has 1 aromatic heterocycles. The maximum absolute atomic E-state index is 12.4. The molecule has 7 nitrogen and oxygen atoms in total. The molecular weight excluding hydrogens is 468 g/mol. The van der Waals surface area contributed by atoms with Crippen molar-refractivity contribution in [2.24, 2.45) is 0 Å². The van der Waals surface area contributed by atoms with E-state index in [0.717, 1.165) is 27.8 Å². The van der Waals surface area contributed by atoms with Gasteiger partial charge in [-0.2, -0.15) is 0 Å². The number of carbonyl (C=O) groups is 2. The number of aromatic nitrogens is 1. The molecule has 5 rings (SSSR count). The number of carbonyl (C=O) groups excluding carboxylic acids is 1. The fraction of sp³-hybridized carbons (Fsp3) is 0.233. The number of hydrogen-bond acceptors (Lipinski definition) is 5. The van der Waals surface area contributed by atoms with Gasteiger partial charge in [0.15, 0.2) is 11.9 Å². The van der Waals surface area contributed by atoms with Crippen LogP contribution in [0.15, 0.2) is 83.4 Å². The molecule has 0 saturated heterocycles. The molecule has 1 fully saturated rings. The Morgan fingerprint density at radius 1 is 0.973 bits per heavy atom. The fourth-order valence-corrected chi connectivity index (χ4v) is 4.66. The topological polar surface area (TPSA) is 102 Å². The summed E-state index contributed by atoms with van der Waals surface area (Å²) in [4.78, 5) is 24.0. The number of aliphatic carboxylic acids is 1. The molecule has 37 heavy (non-hydrogen) atoms. The van der Waals surface area contributed by atoms with Crippen molar-refractivity contribution in [1.82, 2.24) is 10.5 Å². The zero-order valence-electron chi connectivity index (χ0n) is 20.7. The fourth-order valence-electron chi connectivity index (χ4n) is 4.66. The van der Waals surface area contributed by atoms with Gasteiger partial charge in [0.2, 0.25) is 0 Å². The van der Waals surface area contributed by atoms with Crippen molar-refractivity contribution in [2.45, 2.75) is 38.2 Å². The van der Waals surface area contributed by atoms with Gasteiger partial charge < -0.3 is 19.7 Å². The third-order valence-electron chi connectivity index (χ3n) is 6.90. The predicted molar refractivity (Wildman–Crippen MR) is 139 cm³/mol. The van der Waals surface area contributed by atoms with Crippen molar-refractivity contribution >= 4 is 12.1 Å². The minimum absolute atomic E-state index is 0.454. The van der Waals surface area contributed by atoms with E-state index >= 15 is 0 Å². The van der Waals surface area contributed by atoms with Crippen LogP contribution in [0.3, 0.4) is 0 Å². The predicted octanol–water partition coefficient (Wildman–Crippen LogP) is 6.27. The Labute approximate surface area is 215 Å². The second-order valence-corrected chi connectivity index (χ2v) is 9.28. The number of aryl methyl sites for hydroxylation is 1. The molecule has 1 amide bonds. The quantitative estimate of drug-likeness (QED) is 0.298. The first-order chi connectivity index (χ1) is 17.9. The molecule has 1 atom stereocenters. The van der Waals surface area contributed by atoms with Crippen LogP contribution in [-0.4, -0.2) is 28.9 Å². The van der Waals surface area contributed by atoms with Crippen LogP contribution in [0.5, 0.6) is 0 Å². The average molecular weight is 497 g/mol. The highest BCUT2D eigenvalue weighted by molar-refractivity contribution is 5.85. The lowest BCUT2D eigenvalue weighted by molar-refractivity contribution is -0.140. The molecule has 3 aromatic carbocycles. The molecule has 0 aliphatic heterocycles. The first-order valence-electron chi connectivity index (χ1n) is 12.3. The van der Waals surface area contributed by atoms with Gasteiger partial charge in [-0.3, -0.25) is 4.79 Å². The molecule has 0 spiro atoms. The summed E-state index contributed by atoms with van der Waals surface area (Å²) in [5.74, 6) is -0.220. The van der Waals surface area contributed by atoms with Crippen molar-refractivity contribution in [3.05, 3.63) is 101 Å². The van der Waals surface area contributed by atoms with Crippen LogP contribution in [-0.2, 0) is 14.9 Å². The van der Waals surface area contributed by atoms with Gasteiger partial charge in [-0.15, -0.1) is 0 Å². The maximum Gasteiger partial charge on any atom is 0.408 e.